The van der Waals surface area contributed by atoms with E-state index in [1.165, 1.54) is 48.8 Å². The Morgan fingerprint density at radius 3 is 2.19 bits per heavy atom. The van der Waals surface area contributed by atoms with Crippen molar-refractivity contribution in [2.75, 3.05) is 10.1 Å². The highest BCUT2D eigenvalue weighted by Gasteiger charge is 2.16. The van der Waals surface area contributed by atoms with Crippen LogP contribution in [0.2, 0.25) is 0 Å². The Labute approximate surface area is 176 Å². The molecule has 4 aromatic rings. The van der Waals surface area contributed by atoms with E-state index in [0.717, 1.165) is 0 Å². The highest BCUT2D eigenvalue weighted by atomic mass is 32.2. The average molecular weight is 437 g/mol. The molecule has 3 N–H and O–H groups in total. The van der Waals surface area contributed by atoms with Crippen molar-refractivity contribution < 1.29 is 17.7 Å². The Kier molecular flexibility index (Phi) is 5.53. The molecule has 4 rings (SSSR count). The number of nitrogens with one attached hydrogen (secondary N) is 3. The molecule has 0 aliphatic rings. The second-order valence-corrected chi connectivity index (χ2v) is 7.79. The van der Waals surface area contributed by atoms with Crippen molar-refractivity contribution in [2.45, 2.75) is 4.90 Å². The van der Waals surface area contributed by atoms with Gasteiger partial charge in [0.15, 0.2) is 0 Å². The topological polar surface area (TPSA) is 152 Å². The van der Waals surface area contributed by atoms with Crippen molar-refractivity contribution in [3.8, 4) is 11.4 Å². The van der Waals surface area contributed by atoms with Crippen molar-refractivity contribution >= 4 is 27.6 Å². The van der Waals surface area contributed by atoms with Gasteiger partial charge in [0.05, 0.1) is 10.6 Å². The summed E-state index contributed by atoms with van der Waals surface area (Å²) in [5.41, 5.74) is 6.24. The number of hydrogen-bond donors (Lipinski definition) is 3. The lowest BCUT2D eigenvalue weighted by molar-refractivity contribution is 0.0961. The summed E-state index contributed by atoms with van der Waals surface area (Å²) in [6.07, 6.45) is 6.14. The molecule has 0 bridgehead atoms. The van der Waals surface area contributed by atoms with Gasteiger partial charge in [0.1, 0.15) is 0 Å². The fraction of sp³-hybridized carbons (Fsp3) is 0. The molecule has 11 nitrogen and oxygen atoms in total. The van der Waals surface area contributed by atoms with E-state index >= 15 is 0 Å². The molecule has 0 saturated carbocycles. The summed E-state index contributed by atoms with van der Waals surface area (Å²) >= 11 is 0. The maximum absolute atomic E-state index is 12.4. The van der Waals surface area contributed by atoms with E-state index < -0.39 is 15.9 Å². The highest BCUT2D eigenvalue weighted by Crippen LogP contribution is 2.17. The molecular weight excluding hydrogens is 422 g/mol. The molecule has 12 heteroatoms. The first kappa shape index (κ1) is 20.0. The van der Waals surface area contributed by atoms with Gasteiger partial charge in [0.25, 0.3) is 15.9 Å². The number of amides is 1. The minimum absolute atomic E-state index is 0.00714. The van der Waals surface area contributed by atoms with Crippen LogP contribution in [0.4, 0.5) is 11.7 Å². The molecule has 0 saturated heterocycles. The zero-order chi connectivity index (χ0) is 21.7. The number of carbonyl (C=O) groups is 1. The third kappa shape index (κ3) is 4.82. The van der Waals surface area contributed by atoms with Crippen LogP contribution in [-0.4, -0.2) is 34.4 Å². The third-order valence-corrected chi connectivity index (χ3v) is 5.40. The molecular formula is C19H15N7O4S. The lowest BCUT2D eigenvalue weighted by Gasteiger charge is -2.09. The number of anilines is 2. The normalized spacial score (nSPS) is 11.0. The predicted octanol–water partition coefficient (Wildman–Crippen LogP) is 2.08. The fourth-order valence-electron chi connectivity index (χ4n) is 2.49. The summed E-state index contributed by atoms with van der Waals surface area (Å²) in [6, 6.07) is 11.9. The number of carbonyl (C=O) groups excluding carboxylic acids is 1. The van der Waals surface area contributed by atoms with E-state index in [-0.39, 0.29) is 16.5 Å². The molecule has 0 radical (unpaired) electrons. The van der Waals surface area contributed by atoms with Crippen LogP contribution in [0.3, 0.4) is 0 Å². The summed E-state index contributed by atoms with van der Waals surface area (Å²) in [5, 5.41) is 3.80. The second-order valence-electron chi connectivity index (χ2n) is 6.10. The Morgan fingerprint density at radius 2 is 1.52 bits per heavy atom. The molecule has 1 amide bonds. The maximum Gasteiger partial charge on any atom is 0.340 e. The standard InChI is InChI=1S/C19H15N7O4S/c27-18(23-24-19-22-17(25-30-19)13-5-9-20-10-6-13)14-1-3-16(4-2-14)31(28,29)26-15-7-11-21-12-8-15/h1-12H,(H,21,26)(H,23,27)(H,22,24,25). The minimum Gasteiger partial charge on any atom is -0.313 e. The van der Waals surface area contributed by atoms with Crippen LogP contribution in [0.5, 0.6) is 0 Å². The van der Waals surface area contributed by atoms with Gasteiger partial charge in [0, 0.05) is 35.9 Å². The molecule has 0 aliphatic heterocycles. The summed E-state index contributed by atoms with van der Waals surface area (Å²) < 4.78 is 32.3. The van der Waals surface area contributed by atoms with Crippen LogP contribution in [0.1, 0.15) is 10.4 Å². The van der Waals surface area contributed by atoms with Gasteiger partial charge in [-0.2, -0.15) is 4.98 Å². The number of sulfonamides is 1. The number of benzene rings is 1. The van der Waals surface area contributed by atoms with Crippen LogP contribution in [0.15, 0.2) is 82.7 Å². The van der Waals surface area contributed by atoms with Crippen LogP contribution >= 0.6 is 0 Å². The van der Waals surface area contributed by atoms with Crippen LogP contribution in [0.25, 0.3) is 11.4 Å². The first-order valence-electron chi connectivity index (χ1n) is 8.85. The van der Waals surface area contributed by atoms with E-state index in [2.05, 4.69) is 35.7 Å². The Balaban J connectivity index is 1.38. The van der Waals surface area contributed by atoms with Gasteiger partial charge in [0.2, 0.25) is 5.82 Å². The zero-order valence-electron chi connectivity index (χ0n) is 15.8. The number of hydrazine groups is 1. The molecule has 1 aromatic carbocycles. The molecule has 0 fully saturated rings. The van der Waals surface area contributed by atoms with Crippen molar-refractivity contribution in [2.24, 2.45) is 0 Å². The van der Waals surface area contributed by atoms with Gasteiger partial charge in [-0.15, -0.1) is 0 Å². The van der Waals surface area contributed by atoms with Gasteiger partial charge >= 0.3 is 6.01 Å². The van der Waals surface area contributed by atoms with Crippen molar-refractivity contribution in [3.63, 3.8) is 0 Å². The number of pyridine rings is 2. The molecule has 156 valence electrons. The summed E-state index contributed by atoms with van der Waals surface area (Å²) in [4.78, 5) is 24.2. The summed E-state index contributed by atoms with van der Waals surface area (Å²) in [5.74, 6) is -0.190. The molecule has 0 atom stereocenters. The predicted molar refractivity (Wildman–Crippen MR) is 110 cm³/mol. The van der Waals surface area contributed by atoms with E-state index in [0.29, 0.717) is 17.1 Å². The van der Waals surface area contributed by atoms with Gasteiger partial charge in [-0.25, -0.2) is 13.8 Å². The first-order valence-corrected chi connectivity index (χ1v) is 10.3. The fourth-order valence-corrected chi connectivity index (χ4v) is 3.55. The molecule has 3 aromatic heterocycles. The molecule has 0 aliphatic carbocycles. The van der Waals surface area contributed by atoms with Crippen molar-refractivity contribution in [1.82, 2.24) is 25.5 Å². The third-order valence-electron chi connectivity index (χ3n) is 4.01. The van der Waals surface area contributed by atoms with E-state index in [1.807, 2.05) is 0 Å². The number of nitrogens with zero attached hydrogens (tertiary/aromatic N) is 4. The first-order chi connectivity index (χ1) is 15.0. The molecule has 31 heavy (non-hydrogen) atoms. The SMILES string of the molecule is O=C(NNc1nc(-c2ccncc2)no1)c1ccc(S(=O)(=O)Nc2ccncc2)cc1. The number of hydrogen-bond acceptors (Lipinski definition) is 9. The number of aromatic nitrogens is 4. The quantitative estimate of drug-likeness (QED) is 0.369. The van der Waals surface area contributed by atoms with Gasteiger partial charge in [-0.3, -0.25) is 24.9 Å². The van der Waals surface area contributed by atoms with Crippen LogP contribution < -0.4 is 15.6 Å². The second kappa shape index (κ2) is 8.59. The monoisotopic (exact) mass is 437 g/mol. The maximum atomic E-state index is 12.4. The van der Waals surface area contributed by atoms with Gasteiger partial charge in [-0.1, -0.05) is 5.16 Å². The van der Waals surface area contributed by atoms with Gasteiger partial charge < -0.3 is 4.52 Å². The molecule has 3 heterocycles. The van der Waals surface area contributed by atoms with Crippen LogP contribution in [-0.2, 0) is 10.0 Å². The smallest absolute Gasteiger partial charge is 0.313 e. The van der Waals surface area contributed by atoms with Crippen molar-refractivity contribution in [1.29, 1.82) is 0 Å². The van der Waals surface area contributed by atoms with Crippen molar-refractivity contribution in [3.05, 3.63) is 78.9 Å². The number of rotatable bonds is 7. The summed E-state index contributed by atoms with van der Waals surface area (Å²) in [7, 11) is -3.80. The van der Waals surface area contributed by atoms with Gasteiger partial charge in [-0.05, 0) is 48.5 Å². The zero-order valence-corrected chi connectivity index (χ0v) is 16.6. The average Bonchev–Trinajstić information content (AvgIpc) is 3.28. The van der Waals surface area contributed by atoms with E-state index in [1.54, 1.807) is 24.5 Å². The molecule has 0 spiro atoms. The van der Waals surface area contributed by atoms with Crippen LogP contribution in [0, 0.1) is 0 Å². The lowest BCUT2D eigenvalue weighted by atomic mass is 10.2. The highest BCUT2D eigenvalue weighted by molar-refractivity contribution is 7.92. The van der Waals surface area contributed by atoms with E-state index in [4.69, 9.17) is 4.52 Å². The Bertz CT molecular complexity index is 1280. The molecule has 0 unspecified atom stereocenters. The minimum atomic E-state index is -3.80. The largest absolute Gasteiger partial charge is 0.340 e. The van der Waals surface area contributed by atoms with E-state index in [9.17, 15) is 13.2 Å². The summed E-state index contributed by atoms with van der Waals surface area (Å²) in [6.45, 7) is 0. The Morgan fingerprint density at radius 1 is 0.871 bits per heavy atom. The Hall–Kier alpha value is -4.32. The lowest BCUT2D eigenvalue weighted by Crippen LogP contribution is -2.29.